The van der Waals surface area contributed by atoms with Gasteiger partial charge in [-0.15, -0.1) is 0 Å². The highest BCUT2D eigenvalue weighted by Gasteiger charge is 2.38. The van der Waals surface area contributed by atoms with Gasteiger partial charge in [0.05, 0.1) is 19.8 Å². The third kappa shape index (κ3) is 3.48. The van der Waals surface area contributed by atoms with E-state index < -0.39 is 0 Å². The summed E-state index contributed by atoms with van der Waals surface area (Å²) in [4.78, 5) is 12.7. The topological polar surface area (TPSA) is 47.6 Å². The predicted octanol–water partition coefficient (Wildman–Crippen LogP) is 3.95. The van der Waals surface area contributed by atoms with Crippen LogP contribution in [0.4, 0.5) is 0 Å². The quantitative estimate of drug-likeness (QED) is 0.867. The maximum Gasteiger partial charge on any atom is 0.255 e. The van der Waals surface area contributed by atoms with Gasteiger partial charge in [0.25, 0.3) is 5.91 Å². The van der Waals surface area contributed by atoms with Crippen molar-refractivity contribution >= 4 is 5.91 Å². The molecule has 25 heavy (non-hydrogen) atoms. The van der Waals surface area contributed by atoms with Crippen molar-refractivity contribution in [2.45, 2.75) is 31.1 Å². The van der Waals surface area contributed by atoms with Crippen LogP contribution in [0.15, 0.2) is 48.5 Å². The molecule has 1 saturated carbocycles. The Balaban J connectivity index is 1.82. The fraction of sp³-hybridized carbons (Fsp3) is 0.381. The summed E-state index contributed by atoms with van der Waals surface area (Å²) in [5.74, 6) is 1.40. The number of ether oxygens (including phenoxy) is 2. The summed E-state index contributed by atoms with van der Waals surface area (Å²) in [6, 6.07) is 15.5. The first-order valence-corrected chi connectivity index (χ1v) is 8.75. The van der Waals surface area contributed by atoms with E-state index in [1.54, 1.807) is 26.4 Å². The van der Waals surface area contributed by atoms with E-state index in [1.807, 2.05) is 30.3 Å². The summed E-state index contributed by atoms with van der Waals surface area (Å²) in [6.07, 6.45) is 4.45. The summed E-state index contributed by atoms with van der Waals surface area (Å²) >= 11 is 0. The molecular weight excluding hydrogens is 314 g/mol. The molecule has 2 aromatic rings. The Hall–Kier alpha value is -2.49. The van der Waals surface area contributed by atoms with Crippen LogP contribution in [-0.4, -0.2) is 26.7 Å². The van der Waals surface area contributed by atoms with Gasteiger partial charge in [-0.3, -0.25) is 4.79 Å². The lowest BCUT2D eigenvalue weighted by Crippen LogP contribution is -2.39. The van der Waals surface area contributed by atoms with Gasteiger partial charge in [-0.2, -0.15) is 0 Å². The van der Waals surface area contributed by atoms with E-state index in [9.17, 15) is 4.79 Å². The molecular formula is C21H25NO3. The van der Waals surface area contributed by atoms with Crippen molar-refractivity contribution in [3.63, 3.8) is 0 Å². The number of carbonyl (C=O) groups excluding carboxylic acids is 1. The lowest BCUT2D eigenvalue weighted by molar-refractivity contribution is 0.0939. The molecule has 0 atom stereocenters. The Bertz CT molecular complexity index is 735. The van der Waals surface area contributed by atoms with Gasteiger partial charge in [0.2, 0.25) is 0 Å². The van der Waals surface area contributed by atoms with Gasteiger partial charge in [0.1, 0.15) is 11.5 Å². The minimum absolute atomic E-state index is 0.0652. The summed E-state index contributed by atoms with van der Waals surface area (Å²) in [7, 11) is 3.29. The smallest absolute Gasteiger partial charge is 0.255 e. The first-order chi connectivity index (χ1) is 12.2. The first kappa shape index (κ1) is 17.3. The number of amides is 1. The van der Waals surface area contributed by atoms with Crippen LogP contribution in [0.2, 0.25) is 0 Å². The molecule has 0 radical (unpaired) electrons. The monoisotopic (exact) mass is 339 g/mol. The minimum atomic E-state index is -0.0985. The summed E-state index contributed by atoms with van der Waals surface area (Å²) in [5, 5.41) is 3.13. The third-order valence-electron chi connectivity index (χ3n) is 5.18. The van der Waals surface area contributed by atoms with E-state index in [2.05, 4.69) is 11.4 Å². The molecule has 0 aromatic heterocycles. The van der Waals surface area contributed by atoms with Gasteiger partial charge < -0.3 is 14.8 Å². The number of carbonyl (C=O) groups is 1. The summed E-state index contributed by atoms with van der Waals surface area (Å²) in [6.45, 7) is 0.601. The van der Waals surface area contributed by atoms with Gasteiger partial charge in [-0.1, -0.05) is 43.2 Å². The van der Waals surface area contributed by atoms with E-state index in [1.165, 1.54) is 18.4 Å². The molecule has 4 heteroatoms. The second kappa shape index (κ2) is 7.60. The summed E-state index contributed by atoms with van der Waals surface area (Å²) < 4.78 is 10.9. The van der Waals surface area contributed by atoms with Crippen LogP contribution in [0, 0.1) is 0 Å². The zero-order valence-corrected chi connectivity index (χ0v) is 14.9. The molecule has 3 rings (SSSR count). The van der Waals surface area contributed by atoms with Crippen molar-refractivity contribution in [2.75, 3.05) is 20.8 Å². The van der Waals surface area contributed by atoms with Crippen LogP contribution in [0.25, 0.3) is 0 Å². The van der Waals surface area contributed by atoms with Crippen molar-refractivity contribution in [2.24, 2.45) is 0 Å². The van der Waals surface area contributed by atoms with Crippen LogP contribution in [0.5, 0.6) is 11.5 Å². The number of para-hydroxylation sites is 2. The Kier molecular flexibility index (Phi) is 5.27. The molecule has 4 nitrogen and oxygen atoms in total. The second-order valence-electron chi connectivity index (χ2n) is 6.57. The largest absolute Gasteiger partial charge is 0.496 e. The summed E-state index contributed by atoms with van der Waals surface area (Å²) in [5.41, 5.74) is 1.69. The van der Waals surface area contributed by atoms with Gasteiger partial charge in [0, 0.05) is 17.5 Å². The Morgan fingerprint density at radius 3 is 2.24 bits per heavy atom. The Labute approximate surface area is 149 Å². The molecule has 1 fully saturated rings. The van der Waals surface area contributed by atoms with Gasteiger partial charge in [-0.25, -0.2) is 0 Å². The van der Waals surface area contributed by atoms with Crippen LogP contribution < -0.4 is 14.8 Å². The average molecular weight is 339 g/mol. The number of rotatable bonds is 6. The zero-order valence-electron chi connectivity index (χ0n) is 14.9. The van der Waals surface area contributed by atoms with E-state index in [4.69, 9.17) is 9.47 Å². The Morgan fingerprint density at radius 2 is 1.56 bits per heavy atom. The lowest BCUT2D eigenvalue weighted by atomic mass is 9.78. The van der Waals surface area contributed by atoms with E-state index in [-0.39, 0.29) is 11.3 Å². The lowest BCUT2D eigenvalue weighted by Gasteiger charge is -2.31. The molecule has 0 heterocycles. The highest BCUT2D eigenvalue weighted by Crippen LogP contribution is 2.44. The standard InChI is InChI=1S/C21H25NO3/c1-24-18-11-5-3-9-16(18)20(23)22-15-21(13-7-8-14-21)17-10-4-6-12-19(17)25-2/h3-6,9-12H,7-8,13-15H2,1-2H3,(H,22,23). The van der Waals surface area contributed by atoms with E-state index >= 15 is 0 Å². The van der Waals surface area contributed by atoms with Crippen molar-refractivity contribution in [1.82, 2.24) is 5.32 Å². The fourth-order valence-corrected chi connectivity index (χ4v) is 3.85. The predicted molar refractivity (Wildman–Crippen MR) is 98.5 cm³/mol. The SMILES string of the molecule is COc1ccccc1C(=O)NCC1(c2ccccc2OC)CCCC1. The van der Waals surface area contributed by atoms with Crippen molar-refractivity contribution in [3.05, 3.63) is 59.7 Å². The molecule has 132 valence electrons. The highest BCUT2D eigenvalue weighted by atomic mass is 16.5. The number of benzene rings is 2. The average Bonchev–Trinajstić information content (AvgIpc) is 3.16. The fourth-order valence-electron chi connectivity index (χ4n) is 3.85. The normalized spacial score (nSPS) is 15.6. The maximum absolute atomic E-state index is 12.7. The second-order valence-corrected chi connectivity index (χ2v) is 6.57. The third-order valence-corrected chi connectivity index (χ3v) is 5.18. The minimum Gasteiger partial charge on any atom is -0.496 e. The molecule has 1 N–H and O–H groups in total. The van der Waals surface area contributed by atoms with Gasteiger partial charge in [-0.05, 0) is 31.0 Å². The maximum atomic E-state index is 12.7. The molecule has 1 aliphatic rings. The molecule has 0 spiro atoms. The molecule has 1 amide bonds. The van der Waals surface area contributed by atoms with Crippen LogP contribution in [0.1, 0.15) is 41.6 Å². The molecule has 1 aliphatic carbocycles. The van der Waals surface area contributed by atoms with Crippen LogP contribution in [-0.2, 0) is 5.41 Å². The number of methoxy groups -OCH3 is 2. The van der Waals surface area contributed by atoms with Crippen molar-refractivity contribution < 1.29 is 14.3 Å². The number of hydrogen-bond acceptors (Lipinski definition) is 3. The number of nitrogens with one attached hydrogen (secondary N) is 1. The highest BCUT2D eigenvalue weighted by molar-refractivity contribution is 5.97. The zero-order chi connectivity index (χ0) is 17.7. The Morgan fingerprint density at radius 1 is 0.960 bits per heavy atom. The van der Waals surface area contributed by atoms with E-state index in [0.717, 1.165) is 18.6 Å². The number of hydrogen-bond donors (Lipinski definition) is 1. The van der Waals surface area contributed by atoms with E-state index in [0.29, 0.717) is 17.9 Å². The molecule has 0 saturated heterocycles. The van der Waals surface area contributed by atoms with Crippen LogP contribution in [0.3, 0.4) is 0 Å². The molecule has 2 aromatic carbocycles. The van der Waals surface area contributed by atoms with Gasteiger partial charge >= 0.3 is 0 Å². The molecule has 0 aliphatic heterocycles. The van der Waals surface area contributed by atoms with Gasteiger partial charge in [0.15, 0.2) is 0 Å². The molecule has 0 bridgehead atoms. The van der Waals surface area contributed by atoms with Crippen molar-refractivity contribution in [1.29, 1.82) is 0 Å². The van der Waals surface area contributed by atoms with Crippen LogP contribution >= 0.6 is 0 Å². The first-order valence-electron chi connectivity index (χ1n) is 8.75. The van der Waals surface area contributed by atoms with Crippen molar-refractivity contribution in [3.8, 4) is 11.5 Å². The molecule has 0 unspecified atom stereocenters.